The second-order valence-electron chi connectivity index (χ2n) is 4.74. The Hall–Kier alpha value is -0.470. The van der Waals surface area contributed by atoms with Crippen LogP contribution in [0.2, 0.25) is 0 Å². The van der Waals surface area contributed by atoms with Gasteiger partial charge in [0.25, 0.3) is 0 Å². The van der Waals surface area contributed by atoms with Crippen LogP contribution in [0.3, 0.4) is 0 Å². The van der Waals surface area contributed by atoms with Gasteiger partial charge in [0.2, 0.25) is 11.8 Å². The third kappa shape index (κ3) is 3.75. The summed E-state index contributed by atoms with van der Waals surface area (Å²) < 4.78 is 6.81. The molecule has 0 aliphatic rings. The minimum atomic E-state index is 0.0480. The highest BCUT2D eigenvalue weighted by Gasteiger charge is 2.13. The molecule has 0 radical (unpaired) electrons. The van der Waals surface area contributed by atoms with Crippen LogP contribution in [-0.2, 0) is 6.54 Å². The Morgan fingerprint density at radius 2 is 2.18 bits per heavy atom. The Labute approximate surface area is 118 Å². The quantitative estimate of drug-likeness (QED) is 0.851. The standard InChI is InChI=1S/C11H14IN3OS/c1-11(2,3)13-5-9-14-15-10(16-9)7-4-8(12)17-6-7/h4,6,13H,5H2,1-3H3. The second kappa shape index (κ2) is 5.03. The van der Waals surface area contributed by atoms with Gasteiger partial charge in [0.05, 0.1) is 15.0 Å². The normalized spacial score (nSPS) is 12.0. The maximum Gasteiger partial charge on any atom is 0.248 e. The molecular weight excluding hydrogens is 349 g/mol. The first-order valence-electron chi connectivity index (χ1n) is 5.26. The van der Waals surface area contributed by atoms with Crippen LogP contribution in [0.5, 0.6) is 0 Å². The number of nitrogens with one attached hydrogen (secondary N) is 1. The van der Waals surface area contributed by atoms with Gasteiger partial charge in [-0.2, -0.15) is 0 Å². The van der Waals surface area contributed by atoms with E-state index in [1.54, 1.807) is 11.3 Å². The monoisotopic (exact) mass is 363 g/mol. The lowest BCUT2D eigenvalue weighted by molar-refractivity contribution is 0.383. The number of halogens is 1. The first kappa shape index (κ1) is 13.0. The summed E-state index contributed by atoms with van der Waals surface area (Å²) in [6.45, 7) is 6.90. The topological polar surface area (TPSA) is 51.0 Å². The summed E-state index contributed by atoms with van der Waals surface area (Å²) in [6, 6.07) is 2.04. The molecule has 4 nitrogen and oxygen atoms in total. The first-order valence-corrected chi connectivity index (χ1v) is 7.22. The molecule has 0 unspecified atom stereocenters. The highest BCUT2D eigenvalue weighted by atomic mass is 127. The summed E-state index contributed by atoms with van der Waals surface area (Å²) in [6.07, 6.45) is 0. The lowest BCUT2D eigenvalue weighted by Gasteiger charge is -2.18. The fourth-order valence-electron chi connectivity index (χ4n) is 1.20. The molecule has 0 aliphatic carbocycles. The van der Waals surface area contributed by atoms with Gasteiger partial charge in [0.1, 0.15) is 0 Å². The molecule has 0 atom stereocenters. The molecule has 0 spiro atoms. The number of nitrogens with zero attached hydrogens (tertiary/aromatic N) is 2. The SMILES string of the molecule is CC(C)(C)NCc1nnc(-c2csc(I)c2)o1. The number of aromatic nitrogens is 2. The van der Waals surface area contributed by atoms with Gasteiger partial charge in [-0.1, -0.05) is 0 Å². The van der Waals surface area contributed by atoms with Gasteiger partial charge >= 0.3 is 0 Å². The number of thiophene rings is 1. The minimum Gasteiger partial charge on any atom is -0.419 e. The molecular formula is C11H14IN3OS. The van der Waals surface area contributed by atoms with Crippen molar-refractivity contribution in [1.82, 2.24) is 15.5 Å². The van der Waals surface area contributed by atoms with Crippen LogP contribution in [0.25, 0.3) is 11.5 Å². The Balaban J connectivity index is 2.06. The molecule has 2 aromatic rings. The Morgan fingerprint density at radius 3 is 2.76 bits per heavy atom. The summed E-state index contributed by atoms with van der Waals surface area (Å²) in [5.41, 5.74) is 1.04. The molecule has 1 N–H and O–H groups in total. The second-order valence-corrected chi connectivity index (χ2v) is 7.55. The van der Waals surface area contributed by atoms with Crippen molar-refractivity contribution in [1.29, 1.82) is 0 Å². The zero-order chi connectivity index (χ0) is 12.5. The Morgan fingerprint density at radius 1 is 1.41 bits per heavy atom. The molecule has 0 aliphatic heterocycles. The fraction of sp³-hybridized carbons (Fsp3) is 0.455. The van der Waals surface area contributed by atoms with Crippen LogP contribution in [0.1, 0.15) is 26.7 Å². The van der Waals surface area contributed by atoms with Crippen LogP contribution in [0.15, 0.2) is 15.9 Å². The van der Waals surface area contributed by atoms with Gasteiger partial charge in [-0.25, -0.2) is 0 Å². The largest absolute Gasteiger partial charge is 0.419 e. The van der Waals surface area contributed by atoms with E-state index in [2.05, 4.69) is 58.9 Å². The van der Waals surface area contributed by atoms with Crippen LogP contribution in [0.4, 0.5) is 0 Å². The summed E-state index contributed by atoms with van der Waals surface area (Å²) in [5.74, 6) is 1.21. The highest BCUT2D eigenvalue weighted by molar-refractivity contribution is 14.1. The zero-order valence-electron chi connectivity index (χ0n) is 9.95. The lowest BCUT2D eigenvalue weighted by atomic mass is 10.1. The van der Waals surface area contributed by atoms with Crippen molar-refractivity contribution < 1.29 is 4.42 Å². The van der Waals surface area contributed by atoms with Crippen LogP contribution in [-0.4, -0.2) is 15.7 Å². The number of rotatable bonds is 3. The van der Waals surface area contributed by atoms with Crippen molar-refractivity contribution in [3.8, 4) is 11.5 Å². The molecule has 2 rings (SSSR count). The van der Waals surface area contributed by atoms with Crippen molar-refractivity contribution in [3.63, 3.8) is 0 Å². The zero-order valence-corrected chi connectivity index (χ0v) is 12.9. The molecule has 0 saturated heterocycles. The van der Waals surface area contributed by atoms with Crippen molar-refractivity contribution in [2.24, 2.45) is 0 Å². The summed E-state index contributed by atoms with van der Waals surface area (Å²) in [4.78, 5) is 0. The van der Waals surface area contributed by atoms with Crippen LogP contribution >= 0.6 is 33.9 Å². The van der Waals surface area contributed by atoms with Crippen molar-refractivity contribution in [3.05, 3.63) is 20.2 Å². The molecule has 0 aromatic carbocycles. The first-order chi connectivity index (χ1) is 7.94. The third-order valence-electron chi connectivity index (χ3n) is 2.05. The van der Waals surface area contributed by atoms with Gasteiger partial charge < -0.3 is 9.73 Å². The van der Waals surface area contributed by atoms with E-state index in [0.717, 1.165) is 5.56 Å². The van der Waals surface area contributed by atoms with Crippen molar-refractivity contribution in [2.45, 2.75) is 32.9 Å². The molecule has 6 heteroatoms. The third-order valence-corrected chi connectivity index (χ3v) is 3.84. The smallest absolute Gasteiger partial charge is 0.248 e. The lowest BCUT2D eigenvalue weighted by Crippen LogP contribution is -2.35. The highest BCUT2D eigenvalue weighted by Crippen LogP contribution is 2.25. The van der Waals surface area contributed by atoms with Gasteiger partial charge in [-0.05, 0) is 49.4 Å². The van der Waals surface area contributed by atoms with Gasteiger partial charge in [0.15, 0.2) is 0 Å². The van der Waals surface area contributed by atoms with Gasteiger partial charge in [0, 0.05) is 10.9 Å². The van der Waals surface area contributed by atoms with E-state index in [4.69, 9.17) is 4.42 Å². The fourth-order valence-corrected chi connectivity index (χ4v) is 2.53. The molecule has 2 aromatic heterocycles. The number of hydrogen-bond donors (Lipinski definition) is 1. The van der Waals surface area contributed by atoms with E-state index in [9.17, 15) is 0 Å². The van der Waals surface area contributed by atoms with Crippen LogP contribution < -0.4 is 5.32 Å². The maximum absolute atomic E-state index is 5.60. The van der Waals surface area contributed by atoms with E-state index in [1.807, 2.05) is 11.4 Å². The number of hydrogen-bond acceptors (Lipinski definition) is 5. The van der Waals surface area contributed by atoms with Gasteiger partial charge in [-0.3, -0.25) is 0 Å². The predicted molar refractivity (Wildman–Crippen MR) is 76.9 cm³/mol. The molecule has 0 saturated carbocycles. The molecule has 0 amide bonds. The minimum absolute atomic E-state index is 0.0480. The van der Waals surface area contributed by atoms with Crippen molar-refractivity contribution >= 4 is 33.9 Å². The maximum atomic E-state index is 5.60. The molecule has 17 heavy (non-hydrogen) atoms. The average molecular weight is 363 g/mol. The predicted octanol–water partition coefficient (Wildman–Crippen LogP) is 3.29. The molecule has 92 valence electrons. The van der Waals surface area contributed by atoms with E-state index in [-0.39, 0.29) is 5.54 Å². The summed E-state index contributed by atoms with van der Waals surface area (Å²) >= 11 is 3.95. The van der Waals surface area contributed by atoms with Gasteiger partial charge in [-0.15, -0.1) is 21.5 Å². The molecule has 0 fully saturated rings. The van der Waals surface area contributed by atoms with E-state index in [1.165, 1.54) is 2.88 Å². The van der Waals surface area contributed by atoms with Crippen molar-refractivity contribution in [2.75, 3.05) is 0 Å². The van der Waals surface area contributed by atoms with Crippen LogP contribution in [0, 0.1) is 2.88 Å². The average Bonchev–Trinajstić information content (AvgIpc) is 2.81. The van der Waals surface area contributed by atoms with E-state index >= 15 is 0 Å². The summed E-state index contributed by atoms with van der Waals surface area (Å²) in [5, 5.41) is 13.4. The van der Waals surface area contributed by atoms with E-state index < -0.39 is 0 Å². The molecule has 2 heterocycles. The summed E-state index contributed by atoms with van der Waals surface area (Å²) in [7, 11) is 0. The molecule has 0 bridgehead atoms. The van der Waals surface area contributed by atoms with E-state index in [0.29, 0.717) is 18.3 Å². The Bertz CT molecular complexity index is 501. The Kier molecular flexibility index (Phi) is 3.84.